The van der Waals surface area contributed by atoms with Crippen LogP contribution in [-0.4, -0.2) is 68.8 Å². The molecular formula is C26H37N7O6. The van der Waals surface area contributed by atoms with Gasteiger partial charge in [0.15, 0.2) is 0 Å². The molecule has 212 valence electrons. The third-order valence-electron chi connectivity index (χ3n) is 5.88. The zero-order chi connectivity index (χ0) is 28.9. The van der Waals surface area contributed by atoms with E-state index in [0.29, 0.717) is 12.1 Å². The number of aromatic amines is 1. The Labute approximate surface area is 226 Å². The standard InChI is InChI=1S/C26H37N7O6/c1-15(2)10-18(27)23(35)32-20(11-16-6-4-3-5-7-16)24(36)33-21(12-17-13-29-14-30-17)25(37)31-19(26(38)39)8-9-22(28)34/h3-7,13-15,18-21H,8-12,27H2,1-2H3,(H2,28,34)(H,29,30)(H,31,37)(H,32,35)(H,33,36)(H,38,39). The molecule has 0 aliphatic rings. The van der Waals surface area contributed by atoms with E-state index >= 15 is 0 Å². The van der Waals surface area contributed by atoms with Crippen LogP contribution in [0.1, 0.15) is 44.4 Å². The molecule has 4 atom stereocenters. The van der Waals surface area contributed by atoms with Gasteiger partial charge in [-0.2, -0.15) is 0 Å². The van der Waals surface area contributed by atoms with Crippen LogP contribution < -0.4 is 27.4 Å². The Bertz CT molecular complexity index is 1110. The summed E-state index contributed by atoms with van der Waals surface area (Å²) in [6.07, 6.45) is 2.88. The maximum absolute atomic E-state index is 13.5. The van der Waals surface area contributed by atoms with Gasteiger partial charge in [0.2, 0.25) is 23.6 Å². The first-order valence-electron chi connectivity index (χ1n) is 12.6. The molecule has 2 rings (SSSR count). The molecule has 13 nitrogen and oxygen atoms in total. The SMILES string of the molecule is CC(C)CC(N)C(=O)NC(Cc1ccccc1)C(=O)NC(Cc1cnc[nH]1)C(=O)NC(CCC(N)=O)C(=O)O. The lowest BCUT2D eigenvalue weighted by Crippen LogP contribution is -2.58. The molecule has 9 N–H and O–H groups in total. The number of carboxylic acid groups (broad SMARTS) is 1. The van der Waals surface area contributed by atoms with Crippen LogP contribution in [0.3, 0.4) is 0 Å². The van der Waals surface area contributed by atoms with Gasteiger partial charge in [-0.05, 0) is 24.3 Å². The number of primary amides is 1. The van der Waals surface area contributed by atoms with Crippen LogP contribution in [0, 0.1) is 5.92 Å². The van der Waals surface area contributed by atoms with E-state index in [1.807, 2.05) is 19.9 Å². The van der Waals surface area contributed by atoms with E-state index < -0.39 is 53.8 Å². The number of hydrogen-bond donors (Lipinski definition) is 7. The number of nitrogens with zero attached hydrogens (tertiary/aromatic N) is 1. The number of carbonyl (C=O) groups excluding carboxylic acids is 4. The Kier molecular flexibility index (Phi) is 12.1. The van der Waals surface area contributed by atoms with E-state index in [9.17, 15) is 29.1 Å². The Morgan fingerprint density at radius 3 is 2.05 bits per heavy atom. The van der Waals surface area contributed by atoms with Crippen LogP contribution in [0.15, 0.2) is 42.9 Å². The van der Waals surface area contributed by atoms with Crippen molar-refractivity contribution in [3.05, 3.63) is 54.1 Å². The number of imidazole rings is 1. The van der Waals surface area contributed by atoms with E-state index in [2.05, 4.69) is 25.9 Å². The molecule has 0 spiro atoms. The van der Waals surface area contributed by atoms with E-state index in [-0.39, 0.29) is 31.6 Å². The number of carbonyl (C=O) groups is 5. The van der Waals surface area contributed by atoms with Crippen LogP contribution >= 0.6 is 0 Å². The second-order valence-electron chi connectivity index (χ2n) is 9.73. The molecule has 1 heterocycles. The summed E-state index contributed by atoms with van der Waals surface area (Å²) in [5, 5.41) is 17.2. The van der Waals surface area contributed by atoms with Crippen molar-refractivity contribution in [1.82, 2.24) is 25.9 Å². The average molecular weight is 544 g/mol. The second kappa shape index (κ2) is 15.2. The Morgan fingerprint density at radius 1 is 0.923 bits per heavy atom. The van der Waals surface area contributed by atoms with Crippen molar-refractivity contribution < 1.29 is 29.1 Å². The normalized spacial score (nSPS) is 14.1. The summed E-state index contributed by atoms with van der Waals surface area (Å²) in [6.45, 7) is 3.85. The summed E-state index contributed by atoms with van der Waals surface area (Å²) in [6, 6.07) is 4.47. The molecule has 0 bridgehead atoms. The third-order valence-corrected chi connectivity index (χ3v) is 5.88. The highest BCUT2D eigenvalue weighted by molar-refractivity contribution is 5.94. The molecule has 0 radical (unpaired) electrons. The predicted molar refractivity (Wildman–Crippen MR) is 142 cm³/mol. The van der Waals surface area contributed by atoms with Crippen LogP contribution in [0.5, 0.6) is 0 Å². The number of hydrogen-bond acceptors (Lipinski definition) is 7. The molecule has 2 aromatic rings. The number of H-pyrrole nitrogens is 1. The number of nitrogens with two attached hydrogens (primary N) is 2. The van der Waals surface area contributed by atoms with Gasteiger partial charge in [0.1, 0.15) is 18.1 Å². The number of benzene rings is 1. The first-order chi connectivity index (χ1) is 18.5. The van der Waals surface area contributed by atoms with Crippen molar-refractivity contribution in [3.8, 4) is 0 Å². The minimum atomic E-state index is -1.40. The van der Waals surface area contributed by atoms with Gasteiger partial charge in [-0.1, -0.05) is 44.2 Å². The molecule has 1 aromatic carbocycles. The molecule has 4 unspecified atom stereocenters. The van der Waals surface area contributed by atoms with Crippen molar-refractivity contribution in [3.63, 3.8) is 0 Å². The summed E-state index contributed by atoms with van der Waals surface area (Å²) in [5.41, 5.74) is 12.4. The van der Waals surface area contributed by atoms with Crippen molar-refractivity contribution in [1.29, 1.82) is 0 Å². The van der Waals surface area contributed by atoms with Crippen molar-refractivity contribution in [2.24, 2.45) is 17.4 Å². The summed E-state index contributed by atoms with van der Waals surface area (Å²) in [7, 11) is 0. The van der Waals surface area contributed by atoms with Gasteiger partial charge in [0.25, 0.3) is 0 Å². The van der Waals surface area contributed by atoms with Gasteiger partial charge >= 0.3 is 5.97 Å². The Hall–Kier alpha value is -4.26. The molecular weight excluding hydrogens is 506 g/mol. The molecule has 0 aliphatic carbocycles. The van der Waals surface area contributed by atoms with Crippen molar-refractivity contribution in [2.75, 3.05) is 0 Å². The minimum Gasteiger partial charge on any atom is -0.480 e. The van der Waals surface area contributed by atoms with Gasteiger partial charge in [0.05, 0.1) is 12.4 Å². The fourth-order valence-electron chi connectivity index (χ4n) is 3.87. The molecule has 0 saturated heterocycles. The maximum atomic E-state index is 13.5. The van der Waals surface area contributed by atoms with Gasteiger partial charge in [0, 0.05) is 31.2 Å². The predicted octanol–water partition coefficient (Wildman–Crippen LogP) is -0.627. The smallest absolute Gasteiger partial charge is 0.326 e. The van der Waals surface area contributed by atoms with Gasteiger partial charge in [-0.15, -0.1) is 0 Å². The van der Waals surface area contributed by atoms with E-state index in [1.165, 1.54) is 12.5 Å². The first kappa shape index (κ1) is 31.0. The monoisotopic (exact) mass is 543 g/mol. The fourth-order valence-corrected chi connectivity index (χ4v) is 3.87. The van der Waals surface area contributed by atoms with Crippen molar-refractivity contribution >= 4 is 29.6 Å². The Balaban J connectivity index is 2.26. The van der Waals surface area contributed by atoms with E-state index in [0.717, 1.165) is 5.56 Å². The van der Waals surface area contributed by atoms with Crippen LogP contribution in [0.4, 0.5) is 0 Å². The number of aliphatic carboxylic acids is 1. The van der Waals surface area contributed by atoms with Crippen molar-refractivity contribution in [2.45, 2.75) is 70.1 Å². The zero-order valence-corrected chi connectivity index (χ0v) is 22.1. The lowest BCUT2D eigenvalue weighted by molar-refractivity contribution is -0.142. The number of nitrogens with one attached hydrogen (secondary N) is 4. The molecule has 39 heavy (non-hydrogen) atoms. The number of carboxylic acids is 1. The summed E-state index contributed by atoms with van der Waals surface area (Å²) in [5.74, 6) is -3.88. The molecule has 13 heteroatoms. The van der Waals surface area contributed by atoms with Crippen LogP contribution in [-0.2, 0) is 36.8 Å². The zero-order valence-electron chi connectivity index (χ0n) is 22.1. The lowest BCUT2D eigenvalue weighted by Gasteiger charge is -2.25. The average Bonchev–Trinajstić information content (AvgIpc) is 3.38. The van der Waals surface area contributed by atoms with Crippen LogP contribution in [0.2, 0.25) is 0 Å². The molecule has 0 fully saturated rings. The lowest BCUT2D eigenvalue weighted by atomic mass is 10.0. The maximum Gasteiger partial charge on any atom is 0.326 e. The first-order valence-corrected chi connectivity index (χ1v) is 12.6. The van der Waals surface area contributed by atoms with Crippen LogP contribution in [0.25, 0.3) is 0 Å². The summed E-state index contributed by atoms with van der Waals surface area (Å²) < 4.78 is 0. The minimum absolute atomic E-state index is 0.0431. The van der Waals surface area contributed by atoms with Gasteiger partial charge < -0.3 is 37.5 Å². The highest BCUT2D eigenvalue weighted by Gasteiger charge is 2.31. The highest BCUT2D eigenvalue weighted by Crippen LogP contribution is 2.08. The Morgan fingerprint density at radius 2 is 1.51 bits per heavy atom. The second-order valence-corrected chi connectivity index (χ2v) is 9.73. The topological polar surface area (TPSA) is 222 Å². The number of aromatic nitrogens is 2. The quantitative estimate of drug-likeness (QED) is 0.144. The third kappa shape index (κ3) is 10.9. The van der Waals surface area contributed by atoms with E-state index in [4.69, 9.17) is 11.5 Å². The summed E-state index contributed by atoms with van der Waals surface area (Å²) in [4.78, 5) is 68.9. The molecule has 0 saturated carbocycles. The number of amides is 4. The van der Waals surface area contributed by atoms with Gasteiger partial charge in [-0.3, -0.25) is 19.2 Å². The summed E-state index contributed by atoms with van der Waals surface area (Å²) >= 11 is 0. The molecule has 1 aromatic heterocycles. The fraction of sp³-hybridized carbons (Fsp3) is 0.462. The van der Waals surface area contributed by atoms with Gasteiger partial charge in [-0.25, -0.2) is 9.78 Å². The molecule has 4 amide bonds. The number of rotatable bonds is 16. The molecule has 0 aliphatic heterocycles. The largest absolute Gasteiger partial charge is 0.480 e. The highest BCUT2D eigenvalue weighted by atomic mass is 16.4. The van der Waals surface area contributed by atoms with E-state index in [1.54, 1.807) is 24.3 Å².